The Morgan fingerprint density at radius 3 is 2.58 bits per heavy atom. The number of nitrogens with one attached hydrogen (secondary N) is 1. The molecule has 112 valence electrons. The fourth-order valence-electron chi connectivity index (χ4n) is 2.82. The molecule has 0 aromatic rings. The van der Waals surface area contributed by atoms with Crippen molar-refractivity contribution in [1.82, 2.24) is 14.5 Å². The van der Waals surface area contributed by atoms with Crippen LogP contribution >= 0.6 is 0 Å². The summed E-state index contributed by atoms with van der Waals surface area (Å²) in [5.74, 6) is 0.940. The number of piperazine rings is 1. The van der Waals surface area contributed by atoms with Crippen LogP contribution in [-0.2, 0) is 10.0 Å². The molecule has 2 saturated heterocycles. The largest absolute Gasteiger partial charge is 0.314 e. The van der Waals surface area contributed by atoms with Gasteiger partial charge in [0.15, 0.2) is 0 Å². The van der Waals surface area contributed by atoms with Gasteiger partial charge in [0.05, 0.1) is 5.75 Å². The van der Waals surface area contributed by atoms with E-state index in [9.17, 15) is 8.42 Å². The molecule has 2 fully saturated rings. The second-order valence-electron chi connectivity index (χ2n) is 5.84. The first-order valence-corrected chi connectivity index (χ1v) is 9.10. The molecule has 2 aliphatic rings. The van der Waals surface area contributed by atoms with Crippen LogP contribution in [0.15, 0.2) is 0 Å². The minimum absolute atomic E-state index is 0.279. The number of hydrogen-bond donors (Lipinski definition) is 1. The Hall–Kier alpha value is -0.170. The zero-order valence-electron chi connectivity index (χ0n) is 12.0. The zero-order valence-corrected chi connectivity index (χ0v) is 12.8. The lowest BCUT2D eigenvalue weighted by Crippen LogP contribution is -2.46. The van der Waals surface area contributed by atoms with Crippen molar-refractivity contribution in [3.63, 3.8) is 0 Å². The molecule has 0 aliphatic carbocycles. The summed E-state index contributed by atoms with van der Waals surface area (Å²) in [5, 5.41) is 3.29. The normalized spacial score (nSPS) is 28.2. The summed E-state index contributed by atoms with van der Waals surface area (Å²) in [6.45, 7) is 8.20. The Kier molecular flexibility index (Phi) is 5.62. The van der Waals surface area contributed by atoms with Crippen molar-refractivity contribution in [2.75, 3.05) is 51.6 Å². The Balaban J connectivity index is 1.83. The lowest BCUT2D eigenvalue weighted by molar-refractivity contribution is 0.252. The van der Waals surface area contributed by atoms with E-state index in [1.807, 2.05) is 0 Å². The molecule has 1 unspecified atom stereocenters. The van der Waals surface area contributed by atoms with E-state index < -0.39 is 10.0 Å². The van der Waals surface area contributed by atoms with Crippen molar-refractivity contribution in [3.05, 3.63) is 0 Å². The van der Waals surface area contributed by atoms with Crippen molar-refractivity contribution in [2.45, 2.75) is 26.2 Å². The minimum atomic E-state index is -3.06. The van der Waals surface area contributed by atoms with Gasteiger partial charge in [-0.25, -0.2) is 12.7 Å². The smallest absolute Gasteiger partial charge is 0.215 e. The van der Waals surface area contributed by atoms with Gasteiger partial charge in [0, 0.05) is 45.8 Å². The van der Waals surface area contributed by atoms with E-state index in [1.165, 1.54) is 0 Å². The van der Waals surface area contributed by atoms with Gasteiger partial charge in [-0.15, -0.1) is 0 Å². The zero-order chi connectivity index (χ0) is 13.7. The van der Waals surface area contributed by atoms with Gasteiger partial charge in [-0.2, -0.15) is 0 Å². The van der Waals surface area contributed by atoms with Crippen LogP contribution in [0.2, 0.25) is 0 Å². The highest BCUT2D eigenvalue weighted by Crippen LogP contribution is 2.18. The molecule has 0 aromatic carbocycles. The quantitative estimate of drug-likeness (QED) is 0.811. The highest BCUT2D eigenvalue weighted by Gasteiger charge is 2.25. The molecular weight excluding hydrogens is 262 g/mol. The second kappa shape index (κ2) is 7.02. The van der Waals surface area contributed by atoms with Crippen LogP contribution in [-0.4, -0.2) is 69.2 Å². The van der Waals surface area contributed by atoms with Gasteiger partial charge in [0.2, 0.25) is 10.0 Å². The molecule has 0 bridgehead atoms. The fourth-order valence-corrected chi connectivity index (χ4v) is 4.36. The fraction of sp³-hybridized carbons (Fsp3) is 1.00. The predicted molar refractivity (Wildman–Crippen MR) is 77.7 cm³/mol. The van der Waals surface area contributed by atoms with Crippen molar-refractivity contribution in [3.8, 4) is 0 Å². The molecule has 6 heteroatoms. The number of sulfonamides is 1. The lowest BCUT2D eigenvalue weighted by Gasteiger charge is -2.28. The van der Waals surface area contributed by atoms with Crippen molar-refractivity contribution in [2.24, 2.45) is 5.92 Å². The molecule has 0 amide bonds. The molecule has 1 N–H and O–H groups in total. The average Bonchev–Trinajstić information content (AvgIpc) is 2.63. The monoisotopic (exact) mass is 289 g/mol. The van der Waals surface area contributed by atoms with Crippen LogP contribution in [0.3, 0.4) is 0 Å². The van der Waals surface area contributed by atoms with E-state index >= 15 is 0 Å². The van der Waals surface area contributed by atoms with E-state index in [1.54, 1.807) is 4.31 Å². The summed E-state index contributed by atoms with van der Waals surface area (Å²) in [7, 11) is -3.06. The maximum Gasteiger partial charge on any atom is 0.215 e. The van der Waals surface area contributed by atoms with Crippen LogP contribution in [0.25, 0.3) is 0 Å². The van der Waals surface area contributed by atoms with E-state index in [0.29, 0.717) is 25.6 Å². The third-order valence-electron chi connectivity index (χ3n) is 4.24. The molecule has 2 heterocycles. The van der Waals surface area contributed by atoms with Gasteiger partial charge in [0.25, 0.3) is 0 Å². The van der Waals surface area contributed by atoms with Gasteiger partial charge in [-0.1, -0.05) is 6.92 Å². The summed E-state index contributed by atoms with van der Waals surface area (Å²) in [5.41, 5.74) is 0. The summed E-state index contributed by atoms with van der Waals surface area (Å²) >= 11 is 0. The molecular formula is C13H27N3O2S. The summed E-state index contributed by atoms with van der Waals surface area (Å²) in [6.07, 6.45) is 3.17. The van der Waals surface area contributed by atoms with Gasteiger partial charge in [-0.3, -0.25) is 4.90 Å². The van der Waals surface area contributed by atoms with Crippen molar-refractivity contribution in [1.29, 1.82) is 0 Å². The van der Waals surface area contributed by atoms with E-state index in [2.05, 4.69) is 17.1 Å². The van der Waals surface area contributed by atoms with Crippen LogP contribution in [0, 0.1) is 5.92 Å². The summed E-state index contributed by atoms with van der Waals surface area (Å²) < 4.78 is 26.5. The predicted octanol–water partition coefficient (Wildman–Crippen LogP) is 0.343. The van der Waals surface area contributed by atoms with Crippen LogP contribution in [0.5, 0.6) is 0 Å². The first kappa shape index (κ1) is 15.2. The Morgan fingerprint density at radius 1 is 1.11 bits per heavy atom. The van der Waals surface area contributed by atoms with Crippen molar-refractivity contribution >= 4 is 10.0 Å². The maximum absolute atomic E-state index is 12.4. The lowest BCUT2D eigenvalue weighted by atomic mass is 10.0. The standard InChI is InChI=1S/C13H27N3O2S/c1-13-3-2-7-16(8-4-13)19(17,18)12-11-15-9-5-14-6-10-15/h13-14H,2-12H2,1H3. The van der Waals surface area contributed by atoms with Crippen molar-refractivity contribution < 1.29 is 8.42 Å². The van der Waals surface area contributed by atoms with Gasteiger partial charge in [-0.05, 0) is 25.2 Å². The van der Waals surface area contributed by atoms with Crippen LogP contribution < -0.4 is 5.32 Å². The molecule has 0 aromatic heterocycles. The summed E-state index contributed by atoms with van der Waals surface area (Å²) in [4.78, 5) is 2.24. The Bertz CT molecular complexity index is 366. The first-order chi connectivity index (χ1) is 9.08. The molecule has 0 spiro atoms. The highest BCUT2D eigenvalue weighted by atomic mass is 32.2. The number of rotatable bonds is 4. The Labute approximate surface area is 117 Å². The highest BCUT2D eigenvalue weighted by molar-refractivity contribution is 7.89. The third kappa shape index (κ3) is 4.70. The van der Waals surface area contributed by atoms with Crippen LogP contribution in [0.4, 0.5) is 0 Å². The van der Waals surface area contributed by atoms with E-state index in [0.717, 1.165) is 45.4 Å². The molecule has 0 radical (unpaired) electrons. The van der Waals surface area contributed by atoms with Crippen LogP contribution in [0.1, 0.15) is 26.2 Å². The van der Waals surface area contributed by atoms with Gasteiger partial charge in [0.1, 0.15) is 0 Å². The first-order valence-electron chi connectivity index (χ1n) is 7.49. The topological polar surface area (TPSA) is 52.7 Å². The number of hydrogen-bond acceptors (Lipinski definition) is 4. The molecule has 2 aliphatic heterocycles. The molecule has 0 saturated carbocycles. The molecule has 1 atom stereocenters. The third-order valence-corrected chi connectivity index (χ3v) is 6.09. The van der Waals surface area contributed by atoms with E-state index in [4.69, 9.17) is 0 Å². The number of nitrogens with zero attached hydrogens (tertiary/aromatic N) is 2. The molecule has 5 nitrogen and oxygen atoms in total. The van der Waals surface area contributed by atoms with E-state index in [-0.39, 0.29) is 5.75 Å². The Morgan fingerprint density at radius 2 is 1.84 bits per heavy atom. The SMILES string of the molecule is CC1CCCN(S(=O)(=O)CCN2CCNCC2)CC1. The minimum Gasteiger partial charge on any atom is -0.314 e. The van der Waals surface area contributed by atoms with Gasteiger partial charge >= 0.3 is 0 Å². The maximum atomic E-state index is 12.4. The molecule has 2 rings (SSSR count). The second-order valence-corrected chi connectivity index (χ2v) is 7.93. The molecule has 19 heavy (non-hydrogen) atoms. The van der Waals surface area contributed by atoms with Gasteiger partial charge < -0.3 is 5.32 Å². The average molecular weight is 289 g/mol. The summed E-state index contributed by atoms with van der Waals surface area (Å²) in [6, 6.07) is 0.